The van der Waals surface area contributed by atoms with Gasteiger partial charge in [0.25, 0.3) is 0 Å². The summed E-state index contributed by atoms with van der Waals surface area (Å²) in [7, 11) is 3.73. The van der Waals surface area contributed by atoms with Crippen molar-refractivity contribution in [1.29, 1.82) is 0 Å². The Bertz CT molecular complexity index is 5160. The summed E-state index contributed by atoms with van der Waals surface area (Å²) in [5.74, 6) is -24.8. The van der Waals surface area contributed by atoms with E-state index in [1.54, 1.807) is 112 Å². The first-order valence-electron chi connectivity index (χ1n) is 43.5. The Labute approximate surface area is 774 Å². The molecule has 134 heavy (non-hydrogen) atoms. The molecule has 8 rings (SSSR count). The number of rotatable bonds is 50. The molecule has 2 aliphatic heterocycles. The fourth-order valence-electron chi connectivity index (χ4n) is 15.8. The third-order valence-electron chi connectivity index (χ3n) is 23.1. The normalized spacial score (nSPS) is 17.1. The molecule has 1 unspecified atom stereocenters. The van der Waals surface area contributed by atoms with Crippen molar-refractivity contribution in [2.24, 2.45) is 23.1 Å². The van der Waals surface area contributed by atoms with E-state index in [1.165, 1.54) is 38.4 Å². The second-order valence-corrected chi connectivity index (χ2v) is 34.5. The third kappa shape index (κ3) is 30.1. The molecule has 0 radical (unpaired) electrons. The quantitative estimate of drug-likeness (QED) is 0.0161. The Balaban J connectivity index is 1.03. The number of aldehydes is 1. The third-order valence-corrected chi connectivity index (χ3v) is 24.1. The number of benzene rings is 5. The topological polar surface area (TPSA) is 598 Å². The number of thioether (sulfide) groups is 1. The SMILES string of the molecule is CCCC[C@@H](C(=O)N1C[C@H](O)C[C@@H]1C(=O)N[C@@H](CC(=O)O)C(=O)N[C@H](C(=O)N(C)C(C=O)Cc1ccccc1)C(C)C)N(C)C(=O)[C@H](Cc1ccccc1)N(C)C(=O)[C@H](Cc1cc(F)c(F)c(F)c1)NC(=O)CSC[C@H](NC(=O)[C@H](CCCN)NC(=O)[C@H](Cc1ccc(O)cc1)NC(=O)[C@H](Cc1c[nH]c2ccccc12)NC(=O)[C@H]1C[C@@H](O)CN1C(=O)[C@@H](N)CC(=O)O)C(=O)NCC(N)=O. The molecule has 39 nitrogen and oxygen atoms in total. The van der Waals surface area contributed by atoms with Gasteiger partial charge < -0.3 is 120 Å². The predicted octanol–water partition coefficient (Wildman–Crippen LogP) is -1.00. The molecule has 2 saturated heterocycles. The van der Waals surface area contributed by atoms with Crippen molar-refractivity contribution in [2.75, 3.05) is 58.8 Å². The number of nitrogens with two attached hydrogens (primary N) is 3. The highest BCUT2D eigenvalue weighted by molar-refractivity contribution is 8.00. The van der Waals surface area contributed by atoms with Crippen LogP contribution in [0.4, 0.5) is 13.2 Å². The molecule has 3 heterocycles. The summed E-state index contributed by atoms with van der Waals surface area (Å²) in [5.41, 5.74) is 19.4. The number of carbonyl (C=O) groups excluding carboxylic acids is 15. The number of likely N-dealkylation sites (N-methyl/N-ethyl adjacent to an activating group) is 3. The number of fused-ring (bicyclic) bond motifs is 1. The summed E-state index contributed by atoms with van der Waals surface area (Å²) in [6.45, 7) is 3.08. The molecule has 724 valence electrons. The number of carboxylic acids is 2. The number of nitrogens with zero attached hydrogens (tertiary/aromatic N) is 5. The van der Waals surface area contributed by atoms with Crippen molar-refractivity contribution in [3.63, 3.8) is 0 Å². The van der Waals surface area contributed by atoms with Crippen LogP contribution in [0.2, 0.25) is 0 Å². The van der Waals surface area contributed by atoms with Crippen molar-refractivity contribution >= 4 is 124 Å². The molecule has 5 aromatic carbocycles. The highest BCUT2D eigenvalue weighted by Crippen LogP contribution is 2.28. The molecule has 0 bridgehead atoms. The van der Waals surface area contributed by atoms with Crippen LogP contribution in [0.3, 0.4) is 0 Å². The van der Waals surface area contributed by atoms with Gasteiger partial charge in [-0.1, -0.05) is 125 Å². The highest BCUT2D eigenvalue weighted by atomic mass is 32.2. The number of nitrogens with one attached hydrogen (secondary N) is 9. The Kier molecular flexibility index (Phi) is 39.9. The number of H-pyrrole nitrogens is 1. The number of primary amides is 1. The van der Waals surface area contributed by atoms with Gasteiger partial charge >= 0.3 is 11.9 Å². The van der Waals surface area contributed by atoms with Crippen LogP contribution in [0.25, 0.3) is 10.9 Å². The van der Waals surface area contributed by atoms with Crippen molar-refractivity contribution in [3.8, 4) is 5.75 Å². The number of phenols is 1. The number of unbranched alkanes of at least 4 members (excludes halogenated alkanes) is 1. The van der Waals surface area contributed by atoms with Gasteiger partial charge in [-0.3, -0.25) is 76.7 Å². The number of carbonyl (C=O) groups is 17. The summed E-state index contributed by atoms with van der Waals surface area (Å²) in [4.78, 5) is 247. The van der Waals surface area contributed by atoms with Crippen molar-refractivity contribution < 1.29 is 120 Å². The van der Waals surface area contributed by atoms with Gasteiger partial charge in [-0.2, -0.15) is 0 Å². The van der Waals surface area contributed by atoms with Crippen LogP contribution >= 0.6 is 11.8 Å². The monoisotopic (exact) mass is 1890 g/mol. The largest absolute Gasteiger partial charge is 0.508 e. The first kappa shape index (κ1) is 106. The van der Waals surface area contributed by atoms with Crippen molar-refractivity contribution in [3.05, 3.63) is 173 Å². The van der Waals surface area contributed by atoms with Gasteiger partial charge in [0, 0.05) is 95.6 Å². The fourth-order valence-corrected chi connectivity index (χ4v) is 16.6. The molecule has 0 spiro atoms. The van der Waals surface area contributed by atoms with E-state index in [0.717, 1.165) is 37.1 Å². The van der Waals surface area contributed by atoms with Crippen LogP contribution < -0.4 is 59.7 Å². The van der Waals surface area contributed by atoms with Gasteiger partial charge in [-0.05, 0) is 96.3 Å². The summed E-state index contributed by atoms with van der Waals surface area (Å²) in [5, 5.41) is 72.4. The molecule has 43 heteroatoms. The zero-order chi connectivity index (χ0) is 98.5. The Morgan fingerprint density at radius 1 is 0.552 bits per heavy atom. The van der Waals surface area contributed by atoms with E-state index >= 15 is 32.8 Å². The van der Waals surface area contributed by atoms with Gasteiger partial charge in [-0.25, -0.2) is 13.2 Å². The zero-order valence-electron chi connectivity index (χ0n) is 74.8. The number of aliphatic hydroxyl groups excluding tert-OH is 2. The number of aromatic hydroxyl groups is 1. The molecule has 14 amide bonds. The maximum absolute atomic E-state index is 15.6. The van der Waals surface area contributed by atoms with E-state index in [0.29, 0.717) is 64.2 Å². The molecule has 0 saturated carbocycles. The van der Waals surface area contributed by atoms with Gasteiger partial charge in [0.1, 0.15) is 78.5 Å². The summed E-state index contributed by atoms with van der Waals surface area (Å²) in [6.07, 6.45) is -4.70. The van der Waals surface area contributed by atoms with E-state index in [4.69, 9.17) is 17.2 Å². The minimum Gasteiger partial charge on any atom is -0.508 e. The van der Waals surface area contributed by atoms with Crippen molar-refractivity contribution in [1.82, 2.24) is 72.0 Å². The second kappa shape index (κ2) is 50.5. The Hall–Kier alpha value is -13.4. The Morgan fingerprint density at radius 2 is 1.07 bits per heavy atom. The summed E-state index contributed by atoms with van der Waals surface area (Å²) >= 11 is 0.619. The molecular formula is C91H116F3N17O22S. The van der Waals surface area contributed by atoms with Crippen LogP contribution in [0.1, 0.15) is 106 Å². The van der Waals surface area contributed by atoms with Crippen molar-refractivity contribution in [2.45, 2.75) is 201 Å². The first-order valence-corrected chi connectivity index (χ1v) is 44.7. The predicted molar refractivity (Wildman–Crippen MR) is 480 cm³/mol. The first-order chi connectivity index (χ1) is 63.6. The van der Waals surface area contributed by atoms with Gasteiger partial charge in [0.05, 0.1) is 49.4 Å². The number of β-amino-alcohol motifs (C(OH)–C–C–N with tert-alkyl or cyclic N) is 2. The van der Waals surface area contributed by atoms with Gasteiger partial charge in [0.15, 0.2) is 17.5 Å². The molecule has 20 N–H and O–H groups in total. The van der Waals surface area contributed by atoms with Gasteiger partial charge in [-0.15, -0.1) is 11.8 Å². The summed E-state index contributed by atoms with van der Waals surface area (Å²) < 4.78 is 45.1. The number of hydrogen-bond donors (Lipinski definition) is 17. The summed E-state index contributed by atoms with van der Waals surface area (Å²) in [6, 6.07) is 9.44. The molecule has 2 aliphatic rings. The van der Waals surface area contributed by atoms with Crippen LogP contribution in [0.5, 0.6) is 5.75 Å². The number of aliphatic carboxylic acids is 2. The number of halogens is 3. The number of hydrogen-bond acceptors (Lipinski definition) is 23. The lowest BCUT2D eigenvalue weighted by atomic mass is 9.99. The average Bonchev–Trinajstić information content (AvgIpc) is 1.77. The number of aromatic nitrogens is 1. The van der Waals surface area contributed by atoms with E-state index in [-0.39, 0.29) is 70.1 Å². The molecular weight excluding hydrogens is 1770 g/mol. The number of amides is 14. The van der Waals surface area contributed by atoms with E-state index < -0.39 is 271 Å². The van der Waals surface area contributed by atoms with Crippen LogP contribution in [-0.4, -0.2) is 306 Å². The molecule has 15 atom stereocenters. The highest BCUT2D eigenvalue weighted by Gasteiger charge is 2.48. The number of aliphatic hydroxyl groups is 2. The number of para-hydroxylation sites is 1. The van der Waals surface area contributed by atoms with Crippen LogP contribution in [0.15, 0.2) is 128 Å². The zero-order valence-corrected chi connectivity index (χ0v) is 75.6. The standard InChI is InChI=1S/C91H116F3N17O22S/c1-7-8-25-70(90(132)111-45-58(115)39-72(111)86(128)104-67(41-77(120)121)84(126)106-79(49(2)3)91(133)107(4)55(46-112)31-50-18-11-9-12-19-50)108(5)89(131)73(36-51-20-13-10-14-21-51)109(6)88(130)68(35-53-32-60(92)78(94)61(93)33-53)100-75(117)48-134-47-69(80(122)99-43-74(97)116)105-81(123)64(24-17-30-95)101-82(124)65(34-52-26-28-56(113)29-27-52)102-83(125)66(37-54-42-98-63-23-16-15-22-59(54)63)103-85(127)71-38-57(114)44-110(71)87(129)62(96)40-76(118)119/h9-16,18-23,26-29,32-33,42,46,49,55,57-58,62,64-73,79,98,113-115H,7-8,17,24-25,30-31,34-41,43-45,47-48,95-96H2,1-6H3,(H2,97,116)(H,99,122)(H,100,117)(H,101,124)(H,102,125)(H,103,127)(H,104,128)(H,105,123)(H,106,126)(H,118,119)(H,120,121)/t55?,57-,58-,62+,64+,65+,66+,67+,68+,69+,70+,71-,72-,73+,79+/m1/s1. The Morgan fingerprint density at radius 3 is 1.63 bits per heavy atom. The minimum atomic E-state index is -1.93. The lowest BCUT2D eigenvalue weighted by Gasteiger charge is -2.38. The minimum absolute atomic E-state index is 0.00695. The second-order valence-electron chi connectivity index (χ2n) is 33.5. The molecule has 2 fully saturated rings. The molecule has 6 aromatic rings. The molecule has 1 aromatic heterocycles. The smallest absolute Gasteiger partial charge is 0.305 e. The number of carboxylic acid groups (broad SMARTS) is 2. The van der Waals surface area contributed by atoms with E-state index in [9.17, 15) is 87.5 Å². The lowest BCUT2D eigenvalue weighted by Crippen LogP contribution is -2.61. The molecule has 0 aliphatic carbocycles. The van der Waals surface area contributed by atoms with E-state index in [1.807, 2.05) is 0 Å². The van der Waals surface area contributed by atoms with Crippen LogP contribution in [0, 0.1) is 23.4 Å². The maximum Gasteiger partial charge on any atom is 0.305 e. The van der Waals surface area contributed by atoms with E-state index in [2.05, 4.69) is 47.5 Å². The van der Waals surface area contributed by atoms with Gasteiger partial charge in [0.2, 0.25) is 82.7 Å². The maximum atomic E-state index is 15.6. The van der Waals surface area contributed by atoms with Crippen LogP contribution in [-0.2, 0) is 114 Å². The number of aromatic amines is 1. The number of phenolic OH excluding ortho intramolecular Hbond substituents is 1. The fraction of sp³-hybridized carbons (Fsp3) is 0.462. The lowest BCUT2D eigenvalue weighted by molar-refractivity contribution is -0.152. The average molecular weight is 1890 g/mol. The number of likely N-dealkylation sites (tertiary alicyclic amines) is 2.